The molecule has 1 aromatic heterocycles. The van der Waals surface area contributed by atoms with Crippen molar-refractivity contribution in [2.24, 2.45) is 5.92 Å². The number of amides is 2. The molecular weight excluding hydrogens is 292 g/mol. The highest BCUT2D eigenvalue weighted by atomic mass is 16.2. The molecule has 0 aromatic carbocycles. The van der Waals surface area contributed by atoms with Gasteiger partial charge in [-0.2, -0.15) is 0 Å². The monoisotopic (exact) mass is 318 g/mol. The van der Waals surface area contributed by atoms with Gasteiger partial charge in [-0.3, -0.25) is 9.59 Å². The predicted molar refractivity (Wildman–Crippen MR) is 87.1 cm³/mol. The van der Waals surface area contributed by atoms with Crippen molar-refractivity contribution in [1.82, 2.24) is 19.8 Å². The Kier molecular flexibility index (Phi) is 4.68. The Morgan fingerprint density at radius 2 is 2.00 bits per heavy atom. The molecule has 23 heavy (non-hydrogen) atoms. The topological polar surface area (TPSA) is 67.2 Å². The zero-order chi connectivity index (χ0) is 16.4. The van der Waals surface area contributed by atoms with Gasteiger partial charge in [0.25, 0.3) is 5.91 Å². The molecule has 0 spiro atoms. The van der Waals surface area contributed by atoms with E-state index in [4.69, 9.17) is 0 Å². The second kappa shape index (κ2) is 6.72. The third-order valence-electron chi connectivity index (χ3n) is 4.74. The van der Waals surface area contributed by atoms with Gasteiger partial charge in [0.2, 0.25) is 5.91 Å². The fourth-order valence-corrected chi connectivity index (χ4v) is 3.56. The summed E-state index contributed by atoms with van der Waals surface area (Å²) in [5.74, 6) is 0.183. The third-order valence-corrected chi connectivity index (χ3v) is 4.74. The lowest BCUT2D eigenvalue weighted by Crippen LogP contribution is -2.42. The van der Waals surface area contributed by atoms with Crippen molar-refractivity contribution in [3.8, 4) is 0 Å². The van der Waals surface area contributed by atoms with Gasteiger partial charge < -0.3 is 14.8 Å². The quantitative estimate of drug-likeness (QED) is 0.920. The molecule has 2 aliphatic heterocycles. The number of nitrogens with zero attached hydrogens (tertiary/aromatic N) is 3. The van der Waals surface area contributed by atoms with Gasteiger partial charge in [0.05, 0.1) is 17.9 Å². The largest absolute Gasteiger partial charge is 0.348 e. The van der Waals surface area contributed by atoms with E-state index in [0.29, 0.717) is 12.2 Å². The number of carbonyl (C=O) groups excluding carboxylic acids is 2. The number of piperidine rings is 1. The molecule has 1 N–H and O–H groups in total. The first-order valence-corrected chi connectivity index (χ1v) is 8.70. The van der Waals surface area contributed by atoms with Crippen molar-refractivity contribution in [3.63, 3.8) is 0 Å². The van der Waals surface area contributed by atoms with Gasteiger partial charge >= 0.3 is 0 Å². The summed E-state index contributed by atoms with van der Waals surface area (Å²) in [6.45, 7) is 6.32. The highest BCUT2D eigenvalue weighted by Gasteiger charge is 2.31. The highest BCUT2D eigenvalue weighted by molar-refractivity contribution is 5.93. The molecule has 3 rings (SSSR count). The van der Waals surface area contributed by atoms with Gasteiger partial charge in [-0.1, -0.05) is 0 Å². The van der Waals surface area contributed by atoms with Gasteiger partial charge in [-0.05, 0) is 46.0 Å². The molecule has 6 nitrogen and oxygen atoms in total. The minimum atomic E-state index is -0.116. The maximum atomic E-state index is 12.7. The van der Waals surface area contributed by atoms with Gasteiger partial charge in [-0.15, -0.1) is 0 Å². The van der Waals surface area contributed by atoms with Crippen LogP contribution in [0.5, 0.6) is 0 Å². The average Bonchev–Trinajstić information content (AvgIpc) is 2.97. The van der Waals surface area contributed by atoms with Crippen LogP contribution in [0.2, 0.25) is 0 Å². The van der Waals surface area contributed by atoms with Crippen molar-refractivity contribution < 1.29 is 9.59 Å². The van der Waals surface area contributed by atoms with Crippen molar-refractivity contribution in [2.45, 2.75) is 58.5 Å². The Labute approximate surface area is 137 Å². The molecule has 6 heteroatoms. The molecule has 1 atom stereocenters. The summed E-state index contributed by atoms with van der Waals surface area (Å²) in [6, 6.07) is 0.0943. The lowest BCUT2D eigenvalue weighted by molar-refractivity contribution is -0.137. The smallest absolute Gasteiger partial charge is 0.271 e. The zero-order valence-corrected chi connectivity index (χ0v) is 14.0. The van der Waals surface area contributed by atoms with Crippen LogP contribution in [0, 0.1) is 5.92 Å². The predicted octanol–water partition coefficient (Wildman–Crippen LogP) is 1.60. The van der Waals surface area contributed by atoms with E-state index in [9.17, 15) is 9.59 Å². The third kappa shape index (κ3) is 3.41. The van der Waals surface area contributed by atoms with E-state index in [1.807, 2.05) is 23.3 Å². The molecule has 2 amide bonds. The summed E-state index contributed by atoms with van der Waals surface area (Å²) in [6.07, 6.45) is 6.73. The molecule has 1 saturated heterocycles. The van der Waals surface area contributed by atoms with Gasteiger partial charge in [0, 0.05) is 25.7 Å². The molecule has 0 aliphatic carbocycles. The highest BCUT2D eigenvalue weighted by Crippen LogP contribution is 2.25. The maximum absolute atomic E-state index is 12.7. The Bertz CT molecular complexity index is 587. The number of hydrogen-bond donors (Lipinski definition) is 1. The molecule has 0 bridgehead atoms. The molecular formula is C17H26N4O2. The van der Waals surface area contributed by atoms with Crippen LogP contribution in [-0.4, -0.2) is 45.4 Å². The van der Waals surface area contributed by atoms with E-state index >= 15 is 0 Å². The fourth-order valence-electron chi connectivity index (χ4n) is 3.56. The van der Waals surface area contributed by atoms with Crippen molar-refractivity contribution in [1.29, 1.82) is 0 Å². The maximum Gasteiger partial charge on any atom is 0.271 e. The molecule has 1 fully saturated rings. The number of hydrogen-bond acceptors (Lipinski definition) is 3. The van der Waals surface area contributed by atoms with E-state index in [-0.39, 0.29) is 23.8 Å². The van der Waals surface area contributed by atoms with Gasteiger partial charge in [0.15, 0.2) is 0 Å². The summed E-state index contributed by atoms with van der Waals surface area (Å²) < 4.78 is 1.99. The van der Waals surface area contributed by atoms with Crippen LogP contribution in [0.3, 0.4) is 0 Å². The number of nitrogens with one attached hydrogen (secondary N) is 1. The van der Waals surface area contributed by atoms with Crippen molar-refractivity contribution in [2.75, 3.05) is 13.1 Å². The van der Waals surface area contributed by atoms with Crippen molar-refractivity contribution >= 4 is 11.8 Å². The Morgan fingerprint density at radius 1 is 1.26 bits per heavy atom. The lowest BCUT2D eigenvalue weighted by Gasteiger charge is -2.32. The van der Waals surface area contributed by atoms with Gasteiger partial charge in [0.1, 0.15) is 5.69 Å². The average molecular weight is 318 g/mol. The van der Waals surface area contributed by atoms with E-state index in [1.54, 1.807) is 6.33 Å². The van der Waals surface area contributed by atoms with Crippen LogP contribution in [-0.2, 0) is 17.8 Å². The molecule has 3 heterocycles. The Hall–Kier alpha value is -1.85. The van der Waals surface area contributed by atoms with E-state index in [1.165, 1.54) is 6.42 Å². The molecule has 2 aliphatic rings. The molecule has 126 valence electrons. The minimum Gasteiger partial charge on any atom is -0.348 e. The fraction of sp³-hybridized carbons (Fsp3) is 0.706. The number of aromatic nitrogens is 2. The van der Waals surface area contributed by atoms with Crippen LogP contribution in [0.25, 0.3) is 0 Å². The van der Waals surface area contributed by atoms with E-state index in [0.717, 1.165) is 44.5 Å². The van der Waals surface area contributed by atoms with Crippen LogP contribution in [0.15, 0.2) is 6.33 Å². The SMILES string of the molecule is CC(C)NC(=O)c1ncn2c1CCC(C(=O)N1CCCCC1)C2. The first-order valence-electron chi connectivity index (χ1n) is 8.70. The number of fused-ring (bicyclic) bond motifs is 1. The van der Waals surface area contributed by atoms with Gasteiger partial charge in [-0.25, -0.2) is 4.98 Å². The second-order valence-corrected chi connectivity index (χ2v) is 6.94. The van der Waals surface area contributed by atoms with Crippen molar-refractivity contribution in [3.05, 3.63) is 17.7 Å². The molecule has 0 radical (unpaired) electrons. The van der Waals surface area contributed by atoms with E-state index in [2.05, 4.69) is 10.3 Å². The Balaban J connectivity index is 1.68. The number of imidazole rings is 1. The first-order chi connectivity index (χ1) is 11.1. The summed E-state index contributed by atoms with van der Waals surface area (Å²) in [5, 5.41) is 2.89. The summed E-state index contributed by atoms with van der Waals surface area (Å²) in [5.41, 5.74) is 1.48. The van der Waals surface area contributed by atoms with Crippen LogP contribution >= 0.6 is 0 Å². The molecule has 1 unspecified atom stereocenters. The van der Waals surface area contributed by atoms with Crippen LogP contribution in [0.4, 0.5) is 0 Å². The van der Waals surface area contributed by atoms with Crippen LogP contribution in [0.1, 0.15) is 55.7 Å². The normalized spacial score (nSPS) is 21.2. The number of rotatable bonds is 3. The summed E-state index contributed by atoms with van der Waals surface area (Å²) >= 11 is 0. The number of likely N-dealkylation sites (tertiary alicyclic amines) is 1. The van der Waals surface area contributed by atoms with E-state index < -0.39 is 0 Å². The van der Waals surface area contributed by atoms with Crippen LogP contribution < -0.4 is 5.32 Å². The molecule has 0 saturated carbocycles. The molecule has 1 aromatic rings. The Morgan fingerprint density at radius 3 is 2.70 bits per heavy atom. The first kappa shape index (κ1) is 16.0. The second-order valence-electron chi connectivity index (χ2n) is 6.94. The standard InChI is InChI=1S/C17H26N4O2/c1-12(2)19-16(22)15-14-7-6-13(10-21(14)11-18-15)17(23)20-8-4-3-5-9-20/h11-13H,3-10H2,1-2H3,(H,19,22). The zero-order valence-electron chi connectivity index (χ0n) is 14.0. The summed E-state index contributed by atoms with van der Waals surface area (Å²) in [7, 11) is 0. The lowest BCUT2D eigenvalue weighted by atomic mass is 9.94. The summed E-state index contributed by atoms with van der Waals surface area (Å²) in [4.78, 5) is 31.2. The minimum absolute atomic E-state index is 0.0239. The number of carbonyl (C=O) groups is 2.